The highest BCUT2D eigenvalue weighted by Crippen LogP contribution is 2.30. The summed E-state index contributed by atoms with van der Waals surface area (Å²) in [5, 5.41) is 33.9. The number of thiazole rings is 1. The number of ether oxygens (including phenoxy) is 1. The van der Waals surface area contributed by atoms with E-state index < -0.39 is 16.1 Å². The number of nitrogens with zero attached hydrogens (tertiary/aromatic N) is 1. The summed E-state index contributed by atoms with van der Waals surface area (Å²) >= 11 is 1.02. The lowest BCUT2D eigenvalue weighted by molar-refractivity contribution is 0.102. The molecule has 4 aromatic rings. The molecule has 0 spiro atoms. The molecule has 0 aliphatic carbocycles. The molecule has 1 aliphatic rings. The third kappa shape index (κ3) is 8.08. The Morgan fingerprint density at radius 2 is 1.74 bits per heavy atom. The number of aliphatic hydroxyl groups is 1. The standard InChI is InChI=1S/C30H34N4O7S2/c35-23(19-41-24-10-11-27(36)26(17-24)33-43(39,40)25-4-2-1-3-5-25)18-31-21-12-14-34(15-13-21)22-8-6-20(7-9-22)16-28-29(37)32-30(38)42-28/h1-11,17,21,23,31,33,35-37H,12-16,18-19H2,(H,32,38)/t23-/m0/s1. The van der Waals surface area contributed by atoms with E-state index in [-0.39, 0.29) is 39.7 Å². The first kappa shape index (κ1) is 30.4. The summed E-state index contributed by atoms with van der Waals surface area (Å²) in [5.74, 6) is -0.000362. The molecule has 13 heteroatoms. The number of aromatic nitrogens is 1. The molecular weight excluding hydrogens is 592 g/mol. The van der Waals surface area contributed by atoms with E-state index in [1.54, 1.807) is 18.2 Å². The average Bonchev–Trinajstić information content (AvgIpc) is 3.33. The van der Waals surface area contributed by atoms with Crippen LogP contribution in [0.4, 0.5) is 11.4 Å². The van der Waals surface area contributed by atoms with E-state index in [1.165, 1.54) is 30.3 Å². The number of piperidine rings is 1. The quantitative estimate of drug-likeness (QED) is 0.130. The van der Waals surface area contributed by atoms with E-state index in [1.807, 2.05) is 12.1 Å². The van der Waals surface area contributed by atoms with Gasteiger partial charge in [0.1, 0.15) is 24.2 Å². The van der Waals surface area contributed by atoms with Crippen LogP contribution in [0.3, 0.4) is 0 Å². The van der Waals surface area contributed by atoms with Gasteiger partial charge < -0.3 is 30.3 Å². The summed E-state index contributed by atoms with van der Waals surface area (Å²) in [7, 11) is -3.89. The van der Waals surface area contributed by atoms with E-state index in [0.29, 0.717) is 23.6 Å². The molecule has 5 rings (SSSR count). The second-order valence-electron chi connectivity index (χ2n) is 10.4. The van der Waals surface area contributed by atoms with Gasteiger partial charge in [-0.2, -0.15) is 0 Å². The van der Waals surface area contributed by atoms with Gasteiger partial charge in [0.05, 0.1) is 15.5 Å². The highest BCUT2D eigenvalue weighted by Gasteiger charge is 2.21. The number of aliphatic hydroxyl groups excluding tert-OH is 1. The van der Waals surface area contributed by atoms with Crippen LogP contribution in [-0.2, 0) is 16.4 Å². The largest absolute Gasteiger partial charge is 0.506 e. The number of nitrogens with one attached hydrogen (secondary N) is 3. The van der Waals surface area contributed by atoms with Gasteiger partial charge in [-0.25, -0.2) is 8.42 Å². The van der Waals surface area contributed by atoms with Crippen LogP contribution >= 0.6 is 11.3 Å². The number of rotatable bonds is 12. The van der Waals surface area contributed by atoms with E-state index in [4.69, 9.17) is 4.74 Å². The molecule has 2 heterocycles. The molecule has 1 atom stereocenters. The maximum absolute atomic E-state index is 12.6. The molecule has 0 bridgehead atoms. The molecule has 0 saturated carbocycles. The van der Waals surface area contributed by atoms with Gasteiger partial charge in [0.25, 0.3) is 10.0 Å². The molecule has 228 valence electrons. The van der Waals surface area contributed by atoms with E-state index in [2.05, 4.69) is 32.1 Å². The summed E-state index contributed by atoms with van der Waals surface area (Å²) in [5.41, 5.74) is 2.11. The summed E-state index contributed by atoms with van der Waals surface area (Å²) in [6.07, 6.45) is 1.52. The Hall–Kier alpha value is -4.04. The number of phenols is 1. The maximum atomic E-state index is 12.6. The smallest absolute Gasteiger partial charge is 0.307 e. The summed E-state index contributed by atoms with van der Waals surface area (Å²) in [6.45, 7) is 2.05. The van der Waals surface area contributed by atoms with Gasteiger partial charge >= 0.3 is 4.87 Å². The van der Waals surface area contributed by atoms with Crippen LogP contribution in [-0.4, -0.2) is 67.1 Å². The van der Waals surface area contributed by atoms with Crippen LogP contribution in [0.2, 0.25) is 0 Å². The normalized spacial score (nSPS) is 14.9. The second kappa shape index (κ2) is 13.5. The van der Waals surface area contributed by atoms with Crippen molar-refractivity contribution in [2.24, 2.45) is 0 Å². The van der Waals surface area contributed by atoms with Crippen molar-refractivity contribution in [1.29, 1.82) is 0 Å². The number of H-pyrrole nitrogens is 1. The minimum Gasteiger partial charge on any atom is -0.506 e. The highest BCUT2D eigenvalue weighted by atomic mass is 32.2. The predicted molar refractivity (Wildman–Crippen MR) is 166 cm³/mol. The average molecular weight is 627 g/mol. The number of hydrogen-bond donors (Lipinski definition) is 6. The van der Waals surface area contributed by atoms with Crippen molar-refractivity contribution in [1.82, 2.24) is 10.3 Å². The van der Waals surface area contributed by atoms with Crippen molar-refractivity contribution in [3.63, 3.8) is 0 Å². The number of aromatic amines is 1. The van der Waals surface area contributed by atoms with Crippen molar-refractivity contribution in [2.75, 3.05) is 35.9 Å². The Morgan fingerprint density at radius 3 is 2.42 bits per heavy atom. The van der Waals surface area contributed by atoms with Crippen molar-refractivity contribution in [3.05, 3.63) is 92.9 Å². The third-order valence-electron chi connectivity index (χ3n) is 7.21. The Kier molecular flexibility index (Phi) is 9.56. The fourth-order valence-corrected chi connectivity index (χ4v) is 6.71. The zero-order chi connectivity index (χ0) is 30.4. The molecule has 1 aliphatic heterocycles. The molecular formula is C30H34N4O7S2. The van der Waals surface area contributed by atoms with Crippen LogP contribution in [0.15, 0.2) is 82.5 Å². The van der Waals surface area contributed by atoms with E-state index >= 15 is 0 Å². The molecule has 1 saturated heterocycles. The summed E-state index contributed by atoms with van der Waals surface area (Å²) < 4.78 is 33.3. The molecule has 43 heavy (non-hydrogen) atoms. The minimum atomic E-state index is -3.89. The van der Waals surface area contributed by atoms with E-state index in [0.717, 1.165) is 48.5 Å². The summed E-state index contributed by atoms with van der Waals surface area (Å²) in [4.78, 5) is 16.5. The zero-order valence-electron chi connectivity index (χ0n) is 23.3. The Balaban J connectivity index is 1.05. The van der Waals surface area contributed by atoms with Crippen LogP contribution in [0.25, 0.3) is 0 Å². The number of phenolic OH excluding ortho intramolecular Hbond substituents is 1. The SMILES string of the molecule is O=c1[nH]c(O)c(Cc2ccc(N3CCC(NC[C@H](O)COc4ccc(O)c(NS(=O)(=O)c5ccccc5)c4)CC3)cc2)s1. The molecule has 1 aromatic heterocycles. The van der Waals surface area contributed by atoms with E-state index in [9.17, 15) is 28.5 Å². The first-order valence-electron chi connectivity index (χ1n) is 13.9. The monoisotopic (exact) mass is 626 g/mol. The number of benzene rings is 3. The second-order valence-corrected chi connectivity index (χ2v) is 13.1. The van der Waals surface area contributed by atoms with Crippen molar-refractivity contribution in [2.45, 2.75) is 36.3 Å². The fraction of sp³-hybridized carbons (Fsp3) is 0.300. The number of anilines is 2. The first-order chi connectivity index (χ1) is 20.7. The van der Waals surface area contributed by atoms with Gasteiger partial charge in [0, 0.05) is 43.9 Å². The highest BCUT2D eigenvalue weighted by molar-refractivity contribution is 7.92. The van der Waals surface area contributed by atoms with Gasteiger partial charge in [-0.1, -0.05) is 41.7 Å². The molecule has 3 aromatic carbocycles. The van der Waals surface area contributed by atoms with Gasteiger partial charge in [0.2, 0.25) is 5.88 Å². The molecule has 0 amide bonds. The first-order valence-corrected chi connectivity index (χ1v) is 16.2. The fourth-order valence-electron chi connectivity index (χ4n) is 4.87. The van der Waals surface area contributed by atoms with Crippen molar-refractivity contribution in [3.8, 4) is 17.4 Å². The van der Waals surface area contributed by atoms with Gasteiger partial charge in [-0.3, -0.25) is 14.5 Å². The number of sulfonamides is 1. The molecule has 1 fully saturated rings. The third-order valence-corrected chi connectivity index (χ3v) is 9.46. The van der Waals surface area contributed by atoms with Crippen LogP contribution in [0.1, 0.15) is 23.3 Å². The van der Waals surface area contributed by atoms with Crippen LogP contribution in [0, 0.1) is 0 Å². The van der Waals surface area contributed by atoms with Gasteiger partial charge in [-0.05, 0) is 54.8 Å². The maximum Gasteiger partial charge on any atom is 0.307 e. The van der Waals surface area contributed by atoms with Crippen LogP contribution in [0.5, 0.6) is 17.4 Å². The van der Waals surface area contributed by atoms with Crippen LogP contribution < -0.4 is 24.5 Å². The van der Waals surface area contributed by atoms with Gasteiger partial charge in [0.15, 0.2) is 0 Å². The topological polar surface area (TPSA) is 164 Å². The Labute approximate surface area is 253 Å². The molecule has 6 N–H and O–H groups in total. The number of hydrogen-bond acceptors (Lipinski definition) is 10. The lowest BCUT2D eigenvalue weighted by Crippen LogP contribution is -2.45. The lowest BCUT2D eigenvalue weighted by atomic mass is 10.0. The minimum absolute atomic E-state index is 0.00868. The van der Waals surface area contributed by atoms with Crippen molar-refractivity contribution >= 4 is 32.7 Å². The lowest BCUT2D eigenvalue weighted by Gasteiger charge is -2.34. The zero-order valence-corrected chi connectivity index (χ0v) is 24.9. The molecule has 0 radical (unpaired) electrons. The predicted octanol–water partition coefficient (Wildman–Crippen LogP) is 3.24. The Morgan fingerprint density at radius 1 is 1.02 bits per heavy atom. The summed E-state index contributed by atoms with van der Waals surface area (Å²) in [6, 6.07) is 20.4. The molecule has 11 nitrogen and oxygen atoms in total. The number of aromatic hydroxyl groups is 2. The Bertz CT molecular complexity index is 1670. The van der Waals surface area contributed by atoms with Gasteiger partial charge in [-0.15, -0.1) is 0 Å². The molecule has 0 unspecified atom stereocenters. The van der Waals surface area contributed by atoms with Crippen molar-refractivity contribution < 1.29 is 28.5 Å².